The molecule has 0 bridgehead atoms. The van der Waals surface area contributed by atoms with Gasteiger partial charge in [-0.05, 0) is 42.7 Å². The molecule has 0 unspecified atom stereocenters. The molecule has 1 aromatic heterocycles. The van der Waals surface area contributed by atoms with Crippen molar-refractivity contribution < 1.29 is 0 Å². The van der Waals surface area contributed by atoms with Crippen molar-refractivity contribution >= 4 is 11.5 Å². The zero-order valence-corrected chi connectivity index (χ0v) is 11.6. The number of anilines is 2. The van der Waals surface area contributed by atoms with E-state index < -0.39 is 0 Å². The fraction of sp³-hybridized carbons (Fsp3) is 0.667. The number of rotatable bonds is 5. The third-order valence-corrected chi connectivity index (χ3v) is 4.00. The van der Waals surface area contributed by atoms with Gasteiger partial charge in [0.05, 0.1) is 5.69 Å². The molecule has 3 N–H and O–H groups in total. The van der Waals surface area contributed by atoms with Gasteiger partial charge in [0, 0.05) is 12.7 Å². The molecule has 0 radical (unpaired) electrons. The summed E-state index contributed by atoms with van der Waals surface area (Å²) in [5.74, 6) is 1.37. The predicted octanol–water partition coefficient (Wildman–Crippen LogP) is 3.68. The first-order valence-corrected chi connectivity index (χ1v) is 7.06. The van der Waals surface area contributed by atoms with Crippen LogP contribution in [0, 0.1) is 11.3 Å². The largest absolute Gasteiger partial charge is 0.382 e. The Morgan fingerprint density at radius 3 is 2.72 bits per heavy atom. The quantitative estimate of drug-likeness (QED) is 0.834. The molecule has 1 saturated carbocycles. The fourth-order valence-electron chi connectivity index (χ4n) is 3.29. The van der Waals surface area contributed by atoms with Crippen molar-refractivity contribution in [2.24, 2.45) is 11.3 Å². The molecule has 0 aromatic carbocycles. The molecular formula is C15H25N3. The summed E-state index contributed by atoms with van der Waals surface area (Å²) in [5, 5.41) is 3.51. The molecule has 1 aromatic rings. The number of hydrogen-bond acceptors (Lipinski definition) is 3. The Morgan fingerprint density at radius 1 is 1.39 bits per heavy atom. The van der Waals surface area contributed by atoms with Crippen LogP contribution in [0.1, 0.15) is 46.0 Å². The lowest BCUT2D eigenvalue weighted by Gasteiger charge is -2.31. The van der Waals surface area contributed by atoms with E-state index in [0.29, 0.717) is 11.2 Å². The number of hydrogen-bond donors (Lipinski definition) is 2. The number of nitrogens with one attached hydrogen (secondary N) is 1. The summed E-state index contributed by atoms with van der Waals surface area (Å²) in [6.07, 6.45) is 8.48. The molecule has 100 valence electrons. The molecule has 3 nitrogen and oxygen atoms in total. The Hall–Kier alpha value is -1.25. The van der Waals surface area contributed by atoms with Gasteiger partial charge in [-0.2, -0.15) is 0 Å². The zero-order valence-electron chi connectivity index (χ0n) is 11.6. The van der Waals surface area contributed by atoms with Crippen LogP contribution in [0.5, 0.6) is 0 Å². The Morgan fingerprint density at radius 2 is 2.11 bits per heavy atom. The monoisotopic (exact) mass is 247 g/mol. The Kier molecular flexibility index (Phi) is 4.10. The maximum absolute atomic E-state index is 5.88. The van der Waals surface area contributed by atoms with Gasteiger partial charge in [0.1, 0.15) is 5.82 Å². The van der Waals surface area contributed by atoms with E-state index in [2.05, 4.69) is 24.1 Å². The van der Waals surface area contributed by atoms with Gasteiger partial charge in [0.2, 0.25) is 0 Å². The second kappa shape index (κ2) is 5.59. The smallest absolute Gasteiger partial charge is 0.146 e. The second-order valence-electron chi connectivity index (χ2n) is 6.09. The summed E-state index contributed by atoms with van der Waals surface area (Å²) in [4.78, 5) is 4.12. The topological polar surface area (TPSA) is 50.9 Å². The molecule has 1 fully saturated rings. The zero-order chi connectivity index (χ0) is 13.0. The van der Waals surface area contributed by atoms with Gasteiger partial charge in [-0.15, -0.1) is 0 Å². The molecule has 3 heteroatoms. The van der Waals surface area contributed by atoms with Crippen molar-refractivity contribution in [3.63, 3.8) is 0 Å². The first kappa shape index (κ1) is 13.2. The van der Waals surface area contributed by atoms with Crippen LogP contribution >= 0.6 is 0 Å². The summed E-state index contributed by atoms with van der Waals surface area (Å²) in [6, 6.07) is 3.95. The Balaban J connectivity index is 2.00. The highest BCUT2D eigenvalue weighted by atomic mass is 15.0. The van der Waals surface area contributed by atoms with Gasteiger partial charge in [-0.1, -0.05) is 26.7 Å². The third-order valence-electron chi connectivity index (χ3n) is 4.00. The predicted molar refractivity (Wildman–Crippen MR) is 77.5 cm³/mol. The molecule has 1 aliphatic rings. The lowest BCUT2D eigenvalue weighted by Crippen LogP contribution is -2.28. The van der Waals surface area contributed by atoms with Gasteiger partial charge in [0.15, 0.2) is 0 Å². The van der Waals surface area contributed by atoms with Crippen LogP contribution in [0.3, 0.4) is 0 Å². The minimum Gasteiger partial charge on any atom is -0.382 e. The number of pyridine rings is 1. The van der Waals surface area contributed by atoms with E-state index in [-0.39, 0.29) is 0 Å². The van der Waals surface area contributed by atoms with E-state index in [1.165, 1.54) is 32.1 Å². The van der Waals surface area contributed by atoms with Gasteiger partial charge in [-0.3, -0.25) is 0 Å². The SMILES string of the molecule is CC(C)CC1(CNc2cccnc2N)CCCC1. The highest BCUT2D eigenvalue weighted by Crippen LogP contribution is 2.43. The number of nitrogens with two attached hydrogens (primary N) is 1. The van der Waals surface area contributed by atoms with Crippen LogP contribution in [0.25, 0.3) is 0 Å². The lowest BCUT2D eigenvalue weighted by atomic mass is 9.78. The minimum absolute atomic E-state index is 0.469. The van der Waals surface area contributed by atoms with E-state index in [0.717, 1.165) is 18.2 Å². The maximum Gasteiger partial charge on any atom is 0.146 e. The van der Waals surface area contributed by atoms with E-state index in [1.54, 1.807) is 6.20 Å². The van der Waals surface area contributed by atoms with Crippen LogP contribution in [0.2, 0.25) is 0 Å². The van der Waals surface area contributed by atoms with Crippen molar-refractivity contribution in [1.29, 1.82) is 0 Å². The van der Waals surface area contributed by atoms with Crippen molar-refractivity contribution in [3.05, 3.63) is 18.3 Å². The molecule has 0 spiro atoms. The molecule has 0 saturated heterocycles. The van der Waals surface area contributed by atoms with E-state index >= 15 is 0 Å². The Bertz CT molecular complexity index is 381. The van der Waals surface area contributed by atoms with Crippen LogP contribution in [-0.4, -0.2) is 11.5 Å². The van der Waals surface area contributed by atoms with E-state index in [9.17, 15) is 0 Å². The highest BCUT2D eigenvalue weighted by molar-refractivity contribution is 5.60. The van der Waals surface area contributed by atoms with Crippen LogP contribution < -0.4 is 11.1 Å². The standard InChI is InChI=1S/C15H25N3/c1-12(2)10-15(7-3-4-8-15)11-18-13-6-5-9-17-14(13)16/h5-6,9,12,18H,3-4,7-8,10-11H2,1-2H3,(H2,16,17). The van der Waals surface area contributed by atoms with E-state index in [4.69, 9.17) is 5.73 Å². The third kappa shape index (κ3) is 3.15. The van der Waals surface area contributed by atoms with E-state index in [1.807, 2.05) is 12.1 Å². The summed E-state index contributed by atoms with van der Waals surface area (Å²) in [6.45, 7) is 5.66. The molecule has 0 amide bonds. The molecule has 0 atom stereocenters. The molecule has 2 rings (SSSR count). The van der Waals surface area contributed by atoms with Gasteiger partial charge >= 0.3 is 0 Å². The molecule has 18 heavy (non-hydrogen) atoms. The normalized spacial score (nSPS) is 18.2. The van der Waals surface area contributed by atoms with Crippen molar-refractivity contribution in [2.45, 2.75) is 46.0 Å². The average Bonchev–Trinajstić information content (AvgIpc) is 2.76. The van der Waals surface area contributed by atoms with Crippen molar-refractivity contribution in [1.82, 2.24) is 4.98 Å². The second-order valence-corrected chi connectivity index (χ2v) is 6.09. The maximum atomic E-state index is 5.88. The molecule has 0 aliphatic heterocycles. The first-order chi connectivity index (χ1) is 8.61. The summed E-state index contributed by atoms with van der Waals surface area (Å²) in [5.41, 5.74) is 7.32. The van der Waals surface area contributed by atoms with Crippen molar-refractivity contribution in [3.8, 4) is 0 Å². The van der Waals surface area contributed by atoms with Crippen LogP contribution in [0.15, 0.2) is 18.3 Å². The molecule has 1 aliphatic carbocycles. The number of nitrogen functional groups attached to an aromatic ring is 1. The highest BCUT2D eigenvalue weighted by Gasteiger charge is 2.34. The molecule has 1 heterocycles. The molecular weight excluding hydrogens is 222 g/mol. The van der Waals surface area contributed by atoms with Crippen LogP contribution in [0.4, 0.5) is 11.5 Å². The van der Waals surface area contributed by atoms with Gasteiger partial charge in [-0.25, -0.2) is 4.98 Å². The fourth-order valence-corrected chi connectivity index (χ4v) is 3.29. The van der Waals surface area contributed by atoms with Gasteiger partial charge in [0.25, 0.3) is 0 Å². The number of nitrogens with zero attached hydrogens (tertiary/aromatic N) is 1. The summed E-state index contributed by atoms with van der Waals surface area (Å²) < 4.78 is 0. The summed E-state index contributed by atoms with van der Waals surface area (Å²) >= 11 is 0. The minimum atomic E-state index is 0.469. The van der Waals surface area contributed by atoms with Gasteiger partial charge < -0.3 is 11.1 Å². The summed E-state index contributed by atoms with van der Waals surface area (Å²) in [7, 11) is 0. The first-order valence-electron chi connectivity index (χ1n) is 7.06. The Labute approximate surface area is 110 Å². The number of aromatic nitrogens is 1. The van der Waals surface area contributed by atoms with Crippen LogP contribution in [-0.2, 0) is 0 Å². The lowest BCUT2D eigenvalue weighted by molar-refractivity contribution is 0.252. The van der Waals surface area contributed by atoms with Crippen molar-refractivity contribution in [2.75, 3.05) is 17.6 Å². The average molecular weight is 247 g/mol.